The van der Waals surface area contributed by atoms with Crippen molar-refractivity contribution in [2.75, 3.05) is 12.3 Å². The quantitative estimate of drug-likeness (QED) is 0.497. The highest BCUT2D eigenvalue weighted by Crippen LogP contribution is 2.10. The third kappa shape index (κ3) is 2.81. The van der Waals surface area contributed by atoms with Crippen LogP contribution in [0.3, 0.4) is 0 Å². The van der Waals surface area contributed by atoms with Gasteiger partial charge in [0, 0.05) is 24.2 Å². The predicted molar refractivity (Wildman–Crippen MR) is 56.1 cm³/mol. The summed E-state index contributed by atoms with van der Waals surface area (Å²) < 4.78 is 0. The molecule has 68 valence electrons. The van der Waals surface area contributed by atoms with Crippen molar-refractivity contribution in [3.63, 3.8) is 0 Å². The number of nitrogens with two attached hydrogens (primary N) is 2. The van der Waals surface area contributed by atoms with Crippen LogP contribution in [0.2, 0.25) is 0 Å². The van der Waals surface area contributed by atoms with Crippen molar-refractivity contribution in [2.45, 2.75) is 13.3 Å². The Bertz CT molecular complexity index is 345. The standard InChI is InChI=1S/C11H14N2/c1-9-8-11(13)6-5-10(9)4-2-3-7-12/h5-6,8H,3,7,12-13H2,1H3. The summed E-state index contributed by atoms with van der Waals surface area (Å²) in [6.07, 6.45) is 0.740. The summed E-state index contributed by atoms with van der Waals surface area (Å²) in [7, 11) is 0. The first-order valence-electron chi connectivity index (χ1n) is 4.29. The molecule has 0 bridgehead atoms. The van der Waals surface area contributed by atoms with Gasteiger partial charge < -0.3 is 11.5 Å². The Morgan fingerprint density at radius 1 is 1.38 bits per heavy atom. The fourth-order valence-electron chi connectivity index (χ4n) is 1.06. The number of hydrogen-bond acceptors (Lipinski definition) is 2. The van der Waals surface area contributed by atoms with Gasteiger partial charge in [-0.25, -0.2) is 0 Å². The van der Waals surface area contributed by atoms with Crippen LogP contribution in [-0.4, -0.2) is 6.54 Å². The van der Waals surface area contributed by atoms with Crippen molar-refractivity contribution in [3.8, 4) is 11.8 Å². The lowest BCUT2D eigenvalue weighted by molar-refractivity contribution is 1.03. The minimum atomic E-state index is 0.612. The topological polar surface area (TPSA) is 52.0 Å². The van der Waals surface area contributed by atoms with Gasteiger partial charge in [-0.2, -0.15) is 0 Å². The zero-order valence-electron chi connectivity index (χ0n) is 7.80. The van der Waals surface area contributed by atoms with E-state index in [1.54, 1.807) is 0 Å². The molecule has 13 heavy (non-hydrogen) atoms. The van der Waals surface area contributed by atoms with Crippen LogP contribution in [0.4, 0.5) is 5.69 Å². The molecule has 0 aliphatic heterocycles. The zero-order valence-corrected chi connectivity index (χ0v) is 7.80. The van der Waals surface area contributed by atoms with E-state index >= 15 is 0 Å². The van der Waals surface area contributed by atoms with E-state index in [9.17, 15) is 0 Å². The predicted octanol–water partition coefficient (Wildman–Crippen LogP) is 1.28. The second-order valence-electron chi connectivity index (χ2n) is 2.91. The molecule has 0 amide bonds. The van der Waals surface area contributed by atoms with Crippen molar-refractivity contribution < 1.29 is 0 Å². The van der Waals surface area contributed by atoms with E-state index in [0.717, 1.165) is 23.2 Å². The molecule has 0 radical (unpaired) electrons. The fraction of sp³-hybridized carbons (Fsp3) is 0.273. The molecule has 0 spiro atoms. The number of hydrogen-bond donors (Lipinski definition) is 2. The van der Waals surface area contributed by atoms with Gasteiger partial charge in [-0.05, 0) is 30.7 Å². The van der Waals surface area contributed by atoms with Crippen molar-refractivity contribution in [3.05, 3.63) is 29.3 Å². The van der Waals surface area contributed by atoms with Gasteiger partial charge in [0.15, 0.2) is 0 Å². The molecule has 0 saturated heterocycles. The highest BCUT2D eigenvalue weighted by atomic mass is 14.5. The average Bonchev–Trinajstić information content (AvgIpc) is 2.09. The van der Waals surface area contributed by atoms with E-state index in [0.29, 0.717) is 6.54 Å². The summed E-state index contributed by atoms with van der Waals surface area (Å²) >= 11 is 0. The highest BCUT2D eigenvalue weighted by Gasteiger charge is 1.93. The second-order valence-corrected chi connectivity index (χ2v) is 2.91. The maximum absolute atomic E-state index is 5.61. The first kappa shape index (κ1) is 9.63. The van der Waals surface area contributed by atoms with Gasteiger partial charge in [0.25, 0.3) is 0 Å². The van der Waals surface area contributed by atoms with E-state index in [1.807, 2.05) is 25.1 Å². The van der Waals surface area contributed by atoms with Gasteiger partial charge in [0.2, 0.25) is 0 Å². The lowest BCUT2D eigenvalue weighted by atomic mass is 10.1. The largest absolute Gasteiger partial charge is 0.399 e. The van der Waals surface area contributed by atoms with Crippen molar-refractivity contribution in [1.82, 2.24) is 0 Å². The third-order valence-electron chi connectivity index (χ3n) is 1.74. The average molecular weight is 174 g/mol. The molecular weight excluding hydrogens is 160 g/mol. The van der Waals surface area contributed by atoms with Gasteiger partial charge in [-0.3, -0.25) is 0 Å². The molecule has 1 rings (SSSR count). The summed E-state index contributed by atoms with van der Waals surface area (Å²) in [5.41, 5.74) is 13.9. The Hall–Kier alpha value is -1.46. The number of rotatable bonds is 1. The molecule has 1 aromatic rings. The summed E-state index contributed by atoms with van der Waals surface area (Å²) in [5.74, 6) is 6.05. The zero-order chi connectivity index (χ0) is 9.68. The lowest BCUT2D eigenvalue weighted by Gasteiger charge is -1.98. The van der Waals surface area contributed by atoms with Gasteiger partial charge >= 0.3 is 0 Å². The molecule has 0 saturated carbocycles. The minimum Gasteiger partial charge on any atom is -0.399 e. The maximum Gasteiger partial charge on any atom is 0.0317 e. The van der Waals surface area contributed by atoms with E-state index in [2.05, 4.69) is 11.8 Å². The van der Waals surface area contributed by atoms with Gasteiger partial charge in [-0.15, -0.1) is 0 Å². The molecule has 0 fully saturated rings. The maximum atomic E-state index is 5.61. The van der Waals surface area contributed by atoms with Crippen molar-refractivity contribution >= 4 is 5.69 Å². The Morgan fingerprint density at radius 3 is 2.77 bits per heavy atom. The number of nitrogen functional groups attached to an aromatic ring is 1. The second kappa shape index (κ2) is 4.54. The van der Waals surface area contributed by atoms with Crippen LogP contribution < -0.4 is 11.5 Å². The van der Waals surface area contributed by atoms with Gasteiger partial charge in [-0.1, -0.05) is 11.8 Å². The van der Waals surface area contributed by atoms with Gasteiger partial charge in [0.1, 0.15) is 0 Å². The lowest BCUT2D eigenvalue weighted by Crippen LogP contribution is -1.95. The Balaban J connectivity index is 2.85. The molecule has 4 N–H and O–H groups in total. The summed E-state index contributed by atoms with van der Waals surface area (Å²) in [6.45, 7) is 2.61. The van der Waals surface area contributed by atoms with Crippen LogP contribution in [-0.2, 0) is 0 Å². The Labute approximate surface area is 78.9 Å². The SMILES string of the molecule is Cc1cc(N)ccc1C#CCCN. The summed E-state index contributed by atoms with van der Waals surface area (Å²) in [4.78, 5) is 0. The van der Waals surface area contributed by atoms with Crippen LogP contribution in [0.5, 0.6) is 0 Å². The molecule has 0 aliphatic rings. The van der Waals surface area contributed by atoms with E-state index in [-0.39, 0.29) is 0 Å². The first-order chi connectivity index (χ1) is 6.24. The fourth-order valence-corrected chi connectivity index (χ4v) is 1.06. The van der Waals surface area contributed by atoms with Crippen LogP contribution >= 0.6 is 0 Å². The smallest absolute Gasteiger partial charge is 0.0317 e. The number of benzene rings is 1. The molecular formula is C11H14N2. The van der Waals surface area contributed by atoms with E-state index in [1.165, 1.54) is 0 Å². The molecule has 1 aromatic carbocycles. The van der Waals surface area contributed by atoms with E-state index < -0.39 is 0 Å². The minimum absolute atomic E-state index is 0.612. The summed E-state index contributed by atoms with van der Waals surface area (Å²) in [6, 6.07) is 5.72. The Morgan fingerprint density at radius 2 is 2.15 bits per heavy atom. The molecule has 0 heterocycles. The first-order valence-corrected chi connectivity index (χ1v) is 4.29. The Kier molecular flexibility index (Phi) is 3.36. The highest BCUT2D eigenvalue weighted by molar-refractivity contribution is 5.50. The molecule has 0 aromatic heterocycles. The van der Waals surface area contributed by atoms with E-state index in [4.69, 9.17) is 11.5 Å². The molecule has 2 nitrogen and oxygen atoms in total. The van der Waals surface area contributed by atoms with Crippen molar-refractivity contribution in [2.24, 2.45) is 5.73 Å². The van der Waals surface area contributed by atoms with Crippen molar-refractivity contribution in [1.29, 1.82) is 0 Å². The number of anilines is 1. The van der Waals surface area contributed by atoms with Gasteiger partial charge in [0.05, 0.1) is 0 Å². The molecule has 0 atom stereocenters. The summed E-state index contributed by atoms with van der Waals surface area (Å²) in [5, 5.41) is 0. The van der Waals surface area contributed by atoms with Crippen LogP contribution in [0.25, 0.3) is 0 Å². The number of aryl methyl sites for hydroxylation is 1. The molecule has 0 unspecified atom stereocenters. The molecule has 0 aliphatic carbocycles. The van der Waals surface area contributed by atoms with Crippen LogP contribution in [0.15, 0.2) is 18.2 Å². The molecule has 2 heteroatoms. The monoisotopic (exact) mass is 174 g/mol. The normalized spacial score (nSPS) is 9.08. The van der Waals surface area contributed by atoms with Crippen LogP contribution in [0.1, 0.15) is 17.5 Å². The third-order valence-corrected chi connectivity index (χ3v) is 1.74. The van der Waals surface area contributed by atoms with Crippen LogP contribution in [0, 0.1) is 18.8 Å².